The molecule has 1 atom stereocenters. The molecule has 3 nitrogen and oxygen atoms in total. The molecule has 0 amide bonds. The van der Waals surface area contributed by atoms with Crippen LogP contribution in [0.25, 0.3) is 0 Å². The minimum atomic E-state index is -0.646. The van der Waals surface area contributed by atoms with Crippen molar-refractivity contribution in [1.82, 2.24) is 0 Å². The Balaban J connectivity index is 1.93. The van der Waals surface area contributed by atoms with Crippen LogP contribution in [0.1, 0.15) is 49.4 Å². The van der Waals surface area contributed by atoms with Crippen LogP contribution in [0.15, 0.2) is 109 Å². The Morgan fingerprint density at radius 1 is 0.794 bits per heavy atom. The van der Waals surface area contributed by atoms with Gasteiger partial charge in [-0.2, -0.15) is 0 Å². The molecule has 4 rings (SSSR count). The van der Waals surface area contributed by atoms with Gasteiger partial charge in [-0.15, -0.1) is 0 Å². The first kappa shape index (κ1) is 23.3. The molecule has 3 heteroatoms. The first-order valence-electron chi connectivity index (χ1n) is 11.9. The Morgan fingerprint density at radius 2 is 1.26 bits per heavy atom. The summed E-state index contributed by atoms with van der Waals surface area (Å²) in [4.78, 5) is 0. The van der Waals surface area contributed by atoms with Crippen molar-refractivity contribution in [3.63, 3.8) is 0 Å². The van der Waals surface area contributed by atoms with Gasteiger partial charge in [0, 0.05) is 17.0 Å². The second-order valence-electron chi connectivity index (χ2n) is 8.64. The van der Waals surface area contributed by atoms with E-state index in [-0.39, 0.29) is 6.10 Å². The molecule has 0 aliphatic carbocycles. The van der Waals surface area contributed by atoms with E-state index >= 15 is 0 Å². The number of benzene rings is 4. The third-order valence-electron chi connectivity index (χ3n) is 6.25. The largest absolute Gasteiger partial charge is 0.491 e. The average molecular weight is 449 g/mol. The van der Waals surface area contributed by atoms with E-state index in [1.54, 1.807) is 0 Å². The van der Waals surface area contributed by atoms with Gasteiger partial charge in [0.1, 0.15) is 11.3 Å². The number of rotatable bonds is 9. The van der Waals surface area contributed by atoms with E-state index in [1.165, 1.54) is 0 Å². The molecule has 172 valence electrons. The molecule has 0 spiro atoms. The summed E-state index contributed by atoms with van der Waals surface area (Å²) in [5.74, 6) is 0.784. The van der Waals surface area contributed by atoms with E-state index < -0.39 is 5.54 Å². The lowest BCUT2D eigenvalue weighted by Crippen LogP contribution is -2.38. The van der Waals surface area contributed by atoms with E-state index in [1.807, 2.05) is 43.3 Å². The quantitative estimate of drug-likeness (QED) is 0.204. The highest BCUT2D eigenvalue weighted by atomic mass is 16.5. The van der Waals surface area contributed by atoms with Crippen LogP contribution in [0.2, 0.25) is 0 Å². The minimum absolute atomic E-state index is 0.120. The highest BCUT2D eigenvalue weighted by Crippen LogP contribution is 2.41. The molecule has 0 fully saturated rings. The molecule has 0 saturated carbocycles. The van der Waals surface area contributed by atoms with E-state index in [0.29, 0.717) is 5.71 Å². The Hall–Kier alpha value is -3.85. The second-order valence-corrected chi connectivity index (χ2v) is 8.64. The molecule has 4 aromatic carbocycles. The highest BCUT2D eigenvalue weighted by molar-refractivity contribution is 6.02. The lowest BCUT2D eigenvalue weighted by Gasteiger charge is -2.38. The smallest absolute Gasteiger partial charge is 0.120 e. The summed E-state index contributed by atoms with van der Waals surface area (Å²) in [6, 6.07) is 37.5. The zero-order valence-corrected chi connectivity index (χ0v) is 20.1. The van der Waals surface area contributed by atoms with Crippen LogP contribution in [0.4, 0.5) is 5.69 Å². The SMILES string of the molecule is CCC(C)Oc1ccc(NC(c2ccccc2)(c2ccccc2)c2ccccc2)c(C(C)=N)c1. The molecular formula is C31H32N2O. The Morgan fingerprint density at radius 3 is 1.68 bits per heavy atom. The van der Waals surface area contributed by atoms with Crippen molar-refractivity contribution in [1.29, 1.82) is 5.41 Å². The standard InChI is InChI=1S/C31H32N2O/c1-4-23(2)34-28-20-21-30(29(22-28)24(3)32)33-31(25-14-8-5-9-15-25,26-16-10-6-11-17-26)27-18-12-7-13-19-27/h5-23,32-33H,4H2,1-3H3. The van der Waals surface area contributed by atoms with Crippen LogP contribution in [0.5, 0.6) is 5.75 Å². The average Bonchev–Trinajstić information content (AvgIpc) is 2.89. The summed E-state index contributed by atoms with van der Waals surface area (Å²) < 4.78 is 6.07. The van der Waals surface area contributed by atoms with Crippen LogP contribution in [-0.2, 0) is 5.54 Å². The zero-order chi connectivity index (χ0) is 24.0. The summed E-state index contributed by atoms with van der Waals surface area (Å²) in [7, 11) is 0. The van der Waals surface area contributed by atoms with E-state index in [0.717, 1.165) is 40.1 Å². The van der Waals surface area contributed by atoms with Crippen molar-refractivity contribution in [2.24, 2.45) is 0 Å². The van der Waals surface area contributed by atoms with Gasteiger partial charge in [-0.1, -0.05) is 97.9 Å². The summed E-state index contributed by atoms with van der Waals surface area (Å²) in [6.45, 7) is 5.99. The van der Waals surface area contributed by atoms with Crippen molar-refractivity contribution >= 4 is 11.4 Å². The van der Waals surface area contributed by atoms with Crippen LogP contribution in [-0.4, -0.2) is 11.8 Å². The molecule has 0 aliphatic heterocycles. The minimum Gasteiger partial charge on any atom is -0.491 e. The molecular weight excluding hydrogens is 416 g/mol. The van der Waals surface area contributed by atoms with Gasteiger partial charge in [-0.05, 0) is 55.2 Å². The van der Waals surface area contributed by atoms with Gasteiger partial charge in [0.15, 0.2) is 0 Å². The molecule has 0 bridgehead atoms. The van der Waals surface area contributed by atoms with Crippen molar-refractivity contribution in [2.75, 3.05) is 5.32 Å². The van der Waals surface area contributed by atoms with Crippen LogP contribution < -0.4 is 10.1 Å². The number of nitrogens with one attached hydrogen (secondary N) is 2. The van der Waals surface area contributed by atoms with Gasteiger partial charge >= 0.3 is 0 Å². The highest BCUT2D eigenvalue weighted by Gasteiger charge is 2.36. The third-order valence-corrected chi connectivity index (χ3v) is 6.25. The predicted octanol–water partition coefficient (Wildman–Crippen LogP) is 7.66. The van der Waals surface area contributed by atoms with Gasteiger partial charge in [0.05, 0.1) is 6.10 Å². The van der Waals surface area contributed by atoms with Gasteiger partial charge in [0.2, 0.25) is 0 Å². The molecule has 1 unspecified atom stereocenters. The predicted molar refractivity (Wildman–Crippen MR) is 142 cm³/mol. The van der Waals surface area contributed by atoms with Crippen LogP contribution in [0.3, 0.4) is 0 Å². The first-order chi connectivity index (χ1) is 16.5. The van der Waals surface area contributed by atoms with Gasteiger partial charge < -0.3 is 15.5 Å². The fourth-order valence-corrected chi connectivity index (χ4v) is 4.31. The number of anilines is 1. The molecule has 0 radical (unpaired) electrons. The number of ether oxygens (including phenoxy) is 1. The molecule has 0 heterocycles. The van der Waals surface area contributed by atoms with Crippen LogP contribution >= 0.6 is 0 Å². The van der Waals surface area contributed by atoms with Crippen molar-refractivity contribution in [3.8, 4) is 5.75 Å². The van der Waals surface area contributed by atoms with E-state index in [9.17, 15) is 0 Å². The normalized spacial score (nSPS) is 12.1. The molecule has 4 aromatic rings. The molecule has 0 aliphatic rings. The lowest BCUT2D eigenvalue weighted by atomic mass is 9.76. The fourth-order valence-electron chi connectivity index (χ4n) is 4.31. The van der Waals surface area contributed by atoms with Crippen molar-refractivity contribution < 1.29 is 4.74 Å². The summed E-state index contributed by atoms with van der Waals surface area (Å²) in [6.07, 6.45) is 1.05. The number of hydrogen-bond acceptors (Lipinski definition) is 3. The second kappa shape index (κ2) is 10.4. The van der Waals surface area contributed by atoms with Gasteiger partial charge in [-0.25, -0.2) is 0 Å². The number of hydrogen-bond donors (Lipinski definition) is 2. The molecule has 0 saturated heterocycles. The van der Waals surface area contributed by atoms with E-state index in [4.69, 9.17) is 10.1 Å². The maximum absolute atomic E-state index is 8.53. The summed E-state index contributed by atoms with van der Waals surface area (Å²) in [5.41, 5.74) is 4.93. The topological polar surface area (TPSA) is 45.1 Å². The first-order valence-corrected chi connectivity index (χ1v) is 11.9. The lowest BCUT2D eigenvalue weighted by molar-refractivity contribution is 0.217. The molecule has 34 heavy (non-hydrogen) atoms. The van der Waals surface area contributed by atoms with Gasteiger partial charge in [0.25, 0.3) is 0 Å². The maximum Gasteiger partial charge on any atom is 0.120 e. The monoisotopic (exact) mass is 448 g/mol. The molecule has 0 aromatic heterocycles. The summed E-state index contributed by atoms with van der Waals surface area (Å²) in [5, 5.41) is 12.4. The molecule has 2 N–H and O–H groups in total. The van der Waals surface area contributed by atoms with E-state index in [2.05, 4.69) is 92.0 Å². The zero-order valence-electron chi connectivity index (χ0n) is 20.1. The van der Waals surface area contributed by atoms with Crippen molar-refractivity contribution in [2.45, 2.75) is 38.8 Å². The fraction of sp³-hybridized carbons (Fsp3) is 0.194. The summed E-state index contributed by atoms with van der Waals surface area (Å²) >= 11 is 0. The Bertz CT molecular complexity index is 1120. The Kier molecular flexibility index (Phi) is 7.12. The third kappa shape index (κ3) is 4.74. The maximum atomic E-state index is 8.53. The van der Waals surface area contributed by atoms with Crippen molar-refractivity contribution in [3.05, 3.63) is 131 Å². The van der Waals surface area contributed by atoms with Crippen LogP contribution in [0, 0.1) is 5.41 Å². The van der Waals surface area contributed by atoms with Gasteiger partial charge in [-0.3, -0.25) is 0 Å². The Labute approximate surface area is 203 Å².